The molecule has 3 rings (SSSR count). The zero-order valence-corrected chi connectivity index (χ0v) is 18.4. The minimum absolute atomic E-state index is 0.0378. The summed E-state index contributed by atoms with van der Waals surface area (Å²) in [6.45, 7) is 9.15. The second-order valence-electron chi connectivity index (χ2n) is 6.96. The van der Waals surface area contributed by atoms with Gasteiger partial charge in [0.15, 0.2) is 9.84 Å². The minimum atomic E-state index is -3.52. The maximum atomic E-state index is 13.0. The van der Waals surface area contributed by atoms with Gasteiger partial charge in [0.25, 0.3) is 5.91 Å². The number of para-hydroxylation sites is 2. The minimum Gasteiger partial charge on any atom is -0.309 e. The molecule has 0 fully saturated rings. The lowest BCUT2D eigenvalue weighted by Crippen LogP contribution is -2.28. The first-order valence-corrected chi connectivity index (χ1v) is 11.9. The summed E-state index contributed by atoms with van der Waals surface area (Å²) in [7, 11) is -3.52. The maximum absolute atomic E-state index is 13.0. The Kier molecular flexibility index (Phi) is 6.89. The van der Waals surface area contributed by atoms with Crippen LogP contribution in [-0.2, 0) is 16.4 Å². The Balaban J connectivity index is 1.96. The van der Waals surface area contributed by atoms with Crippen molar-refractivity contribution in [3.8, 4) is 0 Å². The molecule has 1 aromatic heterocycles. The van der Waals surface area contributed by atoms with Crippen molar-refractivity contribution in [1.82, 2.24) is 14.5 Å². The van der Waals surface area contributed by atoms with E-state index in [-0.39, 0.29) is 16.2 Å². The van der Waals surface area contributed by atoms with Crippen LogP contribution in [0.3, 0.4) is 0 Å². The van der Waals surface area contributed by atoms with Gasteiger partial charge in [0, 0.05) is 13.1 Å². The summed E-state index contributed by atoms with van der Waals surface area (Å²) >= 11 is 0. The molecule has 0 saturated heterocycles. The van der Waals surface area contributed by atoms with Crippen LogP contribution in [0.4, 0.5) is 5.95 Å². The van der Waals surface area contributed by atoms with Crippen LogP contribution < -0.4 is 5.32 Å². The van der Waals surface area contributed by atoms with Crippen LogP contribution in [-0.4, -0.2) is 54.2 Å². The summed E-state index contributed by atoms with van der Waals surface area (Å²) < 4.78 is 26.8. The highest BCUT2D eigenvalue weighted by molar-refractivity contribution is 7.91. The van der Waals surface area contributed by atoms with Gasteiger partial charge in [0.1, 0.15) is 0 Å². The summed E-state index contributed by atoms with van der Waals surface area (Å²) in [5, 5.41) is 2.84. The van der Waals surface area contributed by atoms with E-state index in [1.807, 2.05) is 28.8 Å². The third-order valence-corrected chi connectivity index (χ3v) is 7.05. The molecule has 0 spiro atoms. The molecule has 0 unspecified atom stereocenters. The molecule has 2 aromatic carbocycles. The lowest BCUT2D eigenvalue weighted by Gasteiger charge is -2.19. The Labute approximate surface area is 177 Å². The SMILES string of the molecule is CCN(CC)CCn1c(NC(=O)c2ccccc2S(=O)(=O)CC)nc2ccccc21. The van der Waals surface area contributed by atoms with E-state index in [4.69, 9.17) is 0 Å². The molecule has 160 valence electrons. The molecule has 1 heterocycles. The third kappa shape index (κ3) is 4.55. The molecule has 1 amide bonds. The van der Waals surface area contributed by atoms with Gasteiger partial charge in [-0.2, -0.15) is 0 Å². The smallest absolute Gasteiger partial charge is 0.259 e. The van der Waals surface area contributed by atoms with Crippen molar-refractivity contribution >= 4 is 32.7 Å². The number of nitrogens with zero attached hydrogens (tertiary/aromatic N) is 3. The number of nitrogens with one attached hydrogen (secondary N) is 1. The predicted octanol–water partition coefficient (Wildman–Crippen LogP) is 3.42. The number of sulfone groups is 1. The van der Waals surface area contributed by atoms with E-state index < -0.39 is 15.7 Å². The van der Waals surface area contributed by atoms with Crippen molar-refractivity contribution in [3.63, 3.8) is 0 Å². The zero-order valence-electron chi connectivity index (χ0n) is 17.6. The fraction of sp³-hybridized carbons (Fsp3) is 0.364. The number of benzene rings is 2. The average Bonchev–Trinajstić information content (AvgIpc) is 3.11. The Morgan fingerprint density at radius 1 is 1.03 bits per heavy atom. The van der Waals surface area contributed by atoms with Gasteiger partial charge < -0.3 is 9.47 Å². The molecule has 0 saturated carbocycles. The quantitative estimate of drug-likeness (QED) is 0.564. The Bertz CT molecular complexity index is 1130. The highest BCUT2D eigenvalue weighted by Gasteiger charge is 2.22. The zero-order chi connectivity index (χ0) is 21.7. The number of likely N-dealkylation sites (N-methyl/N-ethyl adjacent to an activating group) is 1. The molecule has 3 aromatic rings. The van der Waals surface area contributed by atoms with Gasteiger partial charge in [0.05, 0.1) is 27.2 Å². The number of carbonyl (C=O) groups excluding carboxylic acids is 1. The van der Waals surface area contributed by atoms with E-state index in [1.165, 1.54) is 12.1 Å². The maximum Gasteiger partial charge on any atom is 0.259 e. The second kappa shape index (κ2) is 9.40. The molecule has 8 heteroatoms. The van der Waals surface area contributed by atoms with Gasteiger partial charge in [-0.3, -0.25) is 10.1 Å². The molecule has 0 radical (unpaired) electrons. The molecule has 1 N–H and O–H groups in total. The van der Waals surface area contributed by atoms with E-state index in [2.05, 4.69) is 29.0 Å². The first-order chi connectivity index (χ1) is 14.4. The molecule has 0 aliphatic rings. The molecule has 0 atom stereocenters. The van der Waals surface area contributed by atoms with E-state index >= 15 is 0 Å². The molecule has 30 heavy (non-hydrogen) atoms. The van der Waals surface area contributed by atoms with Gasteiger partial charge in [-0.15, -0.1) is 0 Å². The predicted molar refractivity (Wildman–Crippen MR) is 120 cm³/mol. The molecular weight excluding hydrogens is 400 g/mol. The lowest BCUT2D eigenvalue weighted by molar-refractivity contribution is 0.102. The third-order valence-electron chi connectivity index (χ3n) is 5.26. The molecule has 0 aliphatic carbocycles. The van der Waals surface area contributed by atoms with Gasteiger partial charge in [0.2, 0.25) is 5.95 Å². The van der Waals surface area contributed by atoms with Crippen molar-refractivity contribution in [3.05, 3.63) is 54.1 Å². The number of amides is 1. The monoisotopic (exact) mass is 428 g/mol. The summed E-state index contributed by atoms with van der Waals surface area (Å²) in [6.07, 6.45) is 0. The van der Waals surface area contributed by atoms with Gasteiger partial charge in [-0.25, -0.2) is 13.4 Å². The Hall–Kier alpha value is -2.71. The van der Waals surface area contributed by atoms with Gasteiger partial charge >= 0.3 is 0 Å². The van der Waals surface area contributed by atoms with Crippen LogP contribution in [0.25, 0.3) is 11.0 Å². The highest BCUT2D eigenvalue weighted by atomic mass is 32.2. The fourth-order valence-corrected chi connectivity index (χ4v) is 4.52. The second-order valence-corrected chi connectivity index (χ2v) is 9.20. The molecule has 7 nitrogen and oxygen atoms in total. The van der Waals surface area contributed by atoms with Crippen molar-refractivity contribution in [2.45, 2.75) is 32.2 Å². The van der Waals surface area contributed by atoms with E-state index in [0.717, 1.165) is 30.7 Å². The van der Waals surface area contributed by atoms with Crippen LogP contribution in [0.15, 0.2) is 53.4 Å². The number of aromatic nitrogens is 2. The summed E-state index contributed by atoms with van der Waals surface area (Å²) in [6, 6.07) is 14.0. The summed E-state index contributed by atoms with van der Waals surface area (Å²) in [5.41, 5.74) is 1.83. The Morgan fingerprint density at radius 3 is 2.40 bits per heavy atom. The average molecular weight is 429 g/mol. The number of anilines is 1. The first-order valence-electron chi connectivity index (χ1n) is 10.2. The van der Waals surface area contributed by atoms with Gasteiger partial charge in [-0.05, 0) is 37.4 Å². The van der Waals surface area contributed by atoms with Crippen molar-refractivity contribution < 1.29 is 13.2 Å². The van der Waals surface area contributed by atoms with Crippen LogP contribution in [0.5, 0.6) is 0 Å². The van der Waals surface area contributed by atoms with Gasteiger partial charge in [-0.1, -0.05) is 45.0 Å². The number of imidazole rings is 1. The first kappa shape index (κ1) is 22.0. The van der Waals surface area contributed by atoms with E-state index in [9.17, 15) is 13.2 Å². The van der Waals surface area contributed by atoms with E-state index in [1.54, 1.807) is 19.1 Å². The van der Waals surface area contributed by atoms with Crippen molar-refractivity contribution in [2.75, 3.05) is 30.7 Å². The normalized spacial score (nSPS) is 11.9. The standard InChI is InChI=1S/C22H28N4O3S/c1-4-25(5-2)15-16-26-19-13-9-8-12-18(19)23-22(26)24-21(27)17-11-7-10-14-20(17)30(28,29)6-3/h7-14H,4-6,15-16H2,1-3H3,(H,23,24,27). The van der Waals surface area contributed by atoms with Crippen LogP contribution in [0.2, 0.25) is 0 Å². The topological polar surface area (TPSA) is 84.3 Å². The van der Waals surface area contributed by atoms with Crippen molar-refractivity contribution in [1.29, 1.82) is 0 Å². The lowest BCUT2D eigenvalue weighted by atomic mass is 10.2. The summed E-state index contributed by atoms with van der Waals surface area (Å²) in [4.78, 5) is 20.0. The van der Waals surface area contributed by atoms with Crippen molar-refractivity contribution in [2.24, 2.45) is 0 Å². The van der Waals surface area contributed by atoms with Crippen LogP contribution in [0, 0.1) is 0 Å². The number of carbonyl (C=O) groups is 1. The number of rotatable bonds is 9. The number of hydrogen-bond donors (Lipinski definition) is 1. The fourth-order valence-electron chi connectivity index (χ4n) is 3.43. The van der Waals surface area contributed by atoms with Crippen LogP contribution in [0.1, 0.15) is 31.1 Å². The van der Waals surface area contributed by atoms with E-state index in [0.29, 0.717) is 12.5 Å². The molecular formula is C22H28N4O3S. The molecule has 0 aliphatic heterocycles. The largest absolute Gasteiger partial charge is 0.309 e. The molecule has 0 bridgehead atoms. The Morgan fingerprint density at radius 2 is 1.70 bits per heavy atom. The summed E-state index contributed by atoms with van der Waals surface area (Å²) in [5.74, 6) is -0.140. The number of fused-ring (bicyclic) bond motifs is 1. The number of hydrogen-bond acceptors (Lipinski definition) is 5. The van der Waals surface area contributed by atoms with Crippen LogP contribution >= 0.6 is 0 Å². The highest BCUT2D eigenvalue weighted by Crippen LogP contribution is 2.22.